The average Bonchev–Trinajstić information content (AvgIpc) is 3.06. The van der Waals surface area contributed by atoms with E-state index in [1.54, 1.807) is 6.33 Å². The Morgan fingerprint density at radius 3 is 2.79 bits per heavy atom. The molecule has 0 aliphatic carbocycles. The number of hydrogen-bond donors (Lipinski definition) is 1. The molecule has 0 saturated carbocycles. The molecule has 3 aromatic rings. The van der Waals surface area contributed by atoms with Gasteiger partial charge in [-0.05, 0) is 25.8 Å². The van der Waals surface area contributed by atoms with Crippen LogP contribution in [-0.2, 0) is 24.2 Å². The van der Waals surface area contributed by atoms with Crippen LogP contribution in [0.2, 0.25) is 0 Å². The van der Waals surface area contributed by atoms with Crippen molar-refractivity contribution in [2.24, 2.45) is 0 Å². The zero-order valence-corrected chi connectivity index (χ0v) is 16.8. The SMILES string of the molecule is CCCc1nc2oc3c(N4CCNCC4)ncnc3c2c2c1COC(C)(C)C2. The van der Waals surface area contributed by atoms with Crippen molar-refractivity contribution >= 4 is 28.0 Å². The van der Waals surface area contributed by atoms with Gasteiger partial charge >= 0.3 is 0 Å². The van der Waals surface area contributed by atoms with Gasteiger partial charge in [-0.15, -0.1) is 0 Å². The first-order valence-electron chi connectivity index (χ1n) is 10.2. The summed E-state index contributed by atoms with van der Waals surface area (Å²) in [6.45, 7) is 10.8. The maximum absolute atomic E-state index is 6.32. The van der Waals surface area contributed by atoms with E-state index in [0.717, 1.165) is 73.4 Å². The van der Waals surface area contributed by atoms with Gasteiger partial charge in [0.2, 0.25) is 5.71 Å². The fourth-order valence-electron chi connectivity index (χ4n) is 4.41. The zero-order valence-electron chi connectivity index (χ0n) is 16.8. The number of fused-ring (bicyclic) bond motifs is 5. The van der Waals surface area contributed by atoms with Crippen LogP contribution in [0.15, 0.2) is 10.7 Å². The van der Waals surface area contributed by atoms with Crippen LogP contribution in [0.25, 0.3) is 22.2 Å². The Labute approximate surface area is 164 Å². The molecule has 0 atom stereocenters. The Hall–Kier alpha value is -2.25. The zero-order chi connectivity index (χ0) is 19.3. The molecule has 0 bridgehead atoms. The maximum Gasteiger partial charge on any atom is 0.229 e. The summed E-state index contributed by atoms with van der Waals surface area (Å²) < 4.78 is 12.4. The minimum atomic E-state index is -0.206. The van der Waals surface area contributed by atoms with Crippen LogP contribution in [-0.4, -0.2) is 46.7 Å². The van der Waals surface area contributed by atoms with Gasteiger partial charge in [0.25, 0.3) is 0 Å². The van der Waals surface area contributed by atoms with Gasteiger partial charge < -0.3 is 19.4 Å². The molecule has 0 amide bonds. The van der Waals surface area contributed by atoms with Crippen molar-refractivity contribution in [3.05, 3.63) is 23.1 Å². The number of aromatic nitrogens is 3. The number of hydrogen-bond acceptors (Lipinski definition) is 7. The van der Waals surface area contributed by atoms with Gasteiger partial charge in [-0.1, -0.05) is 13.3 Å². The van der Waals surface area contributed by atoms with Gasteiger partial charge in [-0.25, -0.2) is 15.0 Å². The van der Waals surface area contributed by atoms with E-state index in [4.69, 9.17) is 14.1 Å². The van der Waals surface area contributed by atoms with E-state index in [1.807, 2.05) is 0 Å². The van der Waals surface area contributed by atoms with Crippen molar-refractivity contribution in [2.75, 3.05) is 31.1 Å². The van der Waals surface area contributed by atoms with Crippen molar-refractivity contribution in [1.29, 1.82) is 0 Å². The molecule has 1 fully saturated rings. The molecule has 0 unspecified atom stereocenters. The summed E-state index contributed by atoms with van der Waals surface area (Å²) in [5.41, 5.74) is 5.72. The lowest BCUT2D eigenvalue weighted by Gasteiger charge is -2.33. The Bertz CT molecular complexity index is 1040. The van der Waals surface area contributed by atoms with E-state index >= 15 is 0 Å². The van der Waals surface area contributed by atoms with Crippen molar-refractivity contribution in [2.45, 2.75) is 52.2 Å². The molecular weight excluding hydrogens is 354 g/mol. The van der Waals surface area contributed by atoms with E-state index in [-0.39, 0.29) is 5.60 Å². The summed E-state index contributed by atoms with van der Waals surface area (Å²) in [4.78, 5) is 16.4. The first kappa shape index (κ1) is 17.8. The molecule has 0 aromatic carbocycles. The van der Waals surface area contributed by atoms with Crippen LogP contribution in [0.1, 0.15) is 44.0 Å². The lowest BCUT2D eigenvalue weighted by molar-refractivity contribution is -0.0401. The fraction of sp³-hybridized carbons (Fsp3) is 0.571. The number of piperazine rings is 1. The third-order valence-corrected chi connectivity index (χ3v) is 5.80. The van der Waals surface area contributed by atoms with Gasteiger partial charge in [0.1, 0.15) is 11.8 Å². The third kappa shape index (κ3) is 2.84. The molecule has 1 N–H and O–H groups in total. The minimum absolute atomic E-state index is 0.206. The number of pyridine rings is 1. The molecule has 148 valence electrons. The summed E-state index contributed by atoms with van der Waals surface area (Å²) in [5, 5.41) is 4.43. The van der Waals surface area contributed by atoms with Crippen LogP contribution >= 0.6 is 0 Å². The molecule has 0 radical (unpaired) electrons. The summed E-state index contributed by atoms with van der Waals surface area (Å²) in [7, 11) is 0. The molecule has 7 nitrogen and oxygen atoms in total. The number of nitrogens with one attached hydrogen (secondary N) is 1. The van der Waals surface area contributed by atoms with Crippen molar-refractivity contribution in [3.8, 4) is 0 Å². The highest BCUT2D eigenvalue weighted by molar-refractivity contribution is 6.06. The normalized spacial score (nSPS) is 19.3. The molecule has 5 heterocycles. The first-order chi connectivity index (χ1) is 13.6. The standard InChI is InChI=1S/C21H27N5O2/c1-4-5-15-14-11-27-21(2,3)10-13(14)16-17-18(28-20(16)25-15)19(24-12-23-17)26-8-6-22-7-9-26/h12,22H,4-11H2,1-3H3. The van der Waals surface area contributed by atoms with Crippen molar-refractivity contribution < 1.29 is 9.15 Å². The number of anilines is 1. The third-order valence-electron chi connectivity index (χ3n) is 5.80. The van der Waals surface area contributed by atoms with Crippen molar-refractivity contribution in [3.63, 3.8) is 0 Å². The molecule has 7 heteroatoms. The van der Waals surface area contributed by atoms with Gasteiger partial charge in [-0.3, -0.25) is 0 Å². The molecule has 0 spiro atoms. The van der Waals surface area contributed by atoms with Gasteiger partial charge in [0, 0.05) is 38.2 Å². The second-order valence-electron chi connectivity index (χ2n) is 8.39. The summed E-state index contributed by atoms with van der Waals surface area (Å²) in [5.74, 6) is 0.876. The highest BCUT2D eigenvalue weighted by Gasteiger charge is 2.32. The molecule has 28 heavy (non-hydrogen) atoms. The van der Waals surface area contributed by atoms with E-state index < -0.39 is 0 Å². The largest absolute Gasteiger partial charge is 0.432 e. The summed E-state index contributed by atoms with van der Waals surface area (Å²) in [6, 6.07) is 0. The Balaban J connectivity index is 1.77. The van der Waals surface area contributed by atoms with Crippen LogP contribution in [0.4, 0.5) is 5.82 Å². The first-order valence-corrected chi connectivity index (χ1v) is 10.2. The molecule has 1 saturated heterocycles. The highest BCUT2D eigenvalue weighted by Crippen LogP contribution is 2.40. The minimum Gasteiger partial charge on any atom is -0.432 e. The van der Waals surface area contributed by atoms with E-state index in [0.29, 0.717) is 12.3 Å². The fourth-order valence-corrected chi connectivity index (χ4v) is 4.41. The van der Waals surface area contributed by atoms with E-state index in [9.17, 15) is 0 Å². The molecule has 2 aliphatic heterocycles. The lowest BCUT2D eigenvalue weighted by atomic mass is 9.88. The molecule has 3 aromatic heterocycles. The van der Waals surface area contributed by atoms with Gasteiger partial charge in [0.15, 0.2) is 11.4 Å². The number of ether oxygens (including phenoxy) is 1. The second-order valence-corrected chi connectivity index (χ2v) is 8.39. The van der Waals surface area contributed by atoms with Crippen molar-refractivity contribution in [1.82, 2.24) is 20.3 Å². The highest BCUT2D eigenvalue weighted by atomic mass is 16.5. The maximum atomic E-state index is 6.32. The summed E-state index contributed by atoms with van der Waals surface area (Å²) in [6.07, 6.45) is 4.46. The Morgan fingerprint density at radius 2 is 2.00 bits per heavy atom. The quantitative estimate of drug-likeness (QED) is 0.747. The smallest absolute Gasteiger partial charge is 0.229 e. The average molecular weight is 381 g/mol. The predicted molar refractivity (Wildman–Crippen MR) is 109 cm³/mol. The molecule has 2 aliphatic rings. The van der Waals surface area contributed by atoms with E-state index in [1.165, 1.54) is 11.1 Å². The van der Waals surface area contributed by atoms with E-state index in [2.05, 4.69) is 41.0 Å². The molecular formula is C21H27N5O2. The van der Waals surface area contributed by atoms with Crippen LogP contribution in [0, 0.1) is 0 Å². The Morgan fingerprint density at radius 1 is 1.18 bits per heavy atom. The second kappa shape index (κ2) is 6.67. The molecule has 5 rings (SSSR count). The summed E-state index contributed by atoms with van der Waals surface area (Å²) >= 11 is 0. The van der Waals surface area contributed by atoms with Gasteiger partial charge in [-0.2, -0.15) is 0 Å². The lowest BCUT2D eigenvalue weighted by Crippen LogP contribution is -2.43. The topological polar surface area (TPSA) is 76.3 Å². The van der Waals surface area contributed by atoms with Crippen LogP contribution < -0.4 is 10.2 Å². The number of rotatable bonds is 3. The van der Waals surface area contributed by atoms with Gasteiger partial charge in [0.05, 0.1) is 23.3 Å². The Kier molecular flexibility index (Phi) is 4.25. The number of nitrogens with zero attached hydrogens (tertiary/aromatic N) is 4. The number of aryl methyl sites for hydroxylation is 1. The van der Waals surface area contributed by atoms with Crippen LogP contribution in [0.3, 0.4) is 0 Å². The van der Waals surface area contributed by atoms with Crippen LogP contribution in [0.5, 0.6) is 0 Å². The number of furan rings is 1. The monoisotopic (exact) mass is 381 g/mol. The predicted octanol–water partition coefficient (Wildman–Crippen LogP) is 2.98.